The molecule has 2 aromatic carbocycles. The Balaban J connectivity index is 1.38. The average Bonchev–Trinajstić information content (AvgIpc) is 3.37. The van der Waals surface area contributed by atoms with Gasteiger partial charge in [-0.25, -0.2) is 0 Å². The number of carbonyl (C=O) groups is 2. The smallest absolute Gasteiger partial charge is 0.290 e. The molecule has 2 atom stereocenters. The van der Waals surface area contributed by atoms with E-state index in [0.29, 0.717) is 37.7 Å². The summed E-state index contributed by atoms with van der Waals surface area (Å²) in [6.45, 7) is 3.30. The Bertz CT molecular complexity index is 1140. The Morgan fingerprint density at radius 1 is 1.00 bits per heavy atom. The molecule has 32 heavy (non-hydrogen) atoms. The summed E-state index contributed by atoms with van der Waals surface area (Å²) < 4.78 is 16.6. The van der Waals surface area contributed by atoms with E-state index < -0.39 is 6.04 Å². The molecule has 3 heterocycles. The minimum atomic E-state index is -0.637. The fraction of sp³-hybridized carbons (Fsp3) is 0.280. The zero-order valence-electron chi connectivity index (χ0n) is 17.7. The summed E-state index contributed by atoms with van der Waals surface area (Å²) in [7, 11) is 0. The van der Waals surface area contributed by atoms with Gasteiger partial charge in [0.2, 0.25) is 5.91 Å². The Labute approximate surface area is 185 Å². The Hall–Kier alpha value is -3.74. The van der Waals surface area contributed by atoms with Crippen LogP contribution < -0.4 is 14.8 Å². The molecule has 2 aliphatic heterocycles. The van der Waals surface area contributed by atoms with Crippen LogP contribution in [-0.4, -0.2) is 36.0 Å². The molecule has 164 valence electrons. The summed E-state index contributed by atoms with van der Waals surface area (Å²) >= 11 is 0. The van der Waals surface area contributed by atoms with Crippen LogP contribution in [0.2, 0.25) is 0 Å². The lowest BCUT2D eigenvalue weighted by molar-refractivity contribution is -0.126. The van der Waals surface area contributed by atoms with Gasteiger partial charge in [-0.05, 0) is 47.9 Å². The van der Waals surface area contributed by atoms with Crippen molar-refractivity contribution < 1.29 is 23.5 Å². The molecule has 2 aliphatic rings. The van der Waals surface area contributed by atoms with E-state index in [2.05, 4.69) is 5.32 Å². The van der Waals surface area contributed by atoms with E-state index in [9.17, 15) is 9.59 Å². The minimum Gasteiger partial charge on any atom is -0.486 e. The third-order valence-electron chi connectivity index (χ3n) is 5.97. The normalized spacial score (nSPS) is 17.9. The van der Waals surface area contributed by atoms with Crippen molar-refractivity contribution in [3.05, 3.63) is 83.3 Å². The van der Waals surface area contributed by atoms with Crippen LogP contribution in [0.5, 0.6) is 11.5 Å². The first kappa shape index (κ1) is 20.2. The first-order chi connectivity index (χ1) is 15.6. The fourth-order valence-corrected chi connectivity index (χ4v) is 4.23. The van der Waals surface area contributed by atoms with Crippen LogP contribution in [0.3, 0.4) is 0 Å². The van der Waals surface area contributed by atoms with Crippen LogP contribution in [-0.2, 0) is 17.8 Å². The highest BCUT2D eigenvalue weighted by molar-refractivity contribution is 5.96. The van der Waals surface area contributed by atoms with Crippen molar-refractivity contribution in [2.24, 2.45) is 0 Å². The number of hydrogen-bond acceptors (Lipinski definition) is 5. The number of nitrogens with one attached hydrogen (secondary N) is 1. The maximum Gasteiger partial charge on any atom is 0.290 e. The van der Waals surface area contributed by atoms with Crippen LogP contribution in [0, 0.1) is 0 Å². The molecule has 7 heteroatoms. The van der Waals surface area contributed by atoms with Gasteiger partial charge in [0.15, 0.2) is 17.3 Å². The number of fused-ring (bicyclic) bond motifs is 2. The summed E-state index contributed by atoms with van der Waals surface area (Å²) in [6.07, 6.45) is 1.91. The summed E-state index contributed by atoms with van der Waals surface area (Å²) in [5.41, 5.74) is 3.02. The third kappa shape index (κ3) is 3.82. The average molecular weight is 432 g/mol. The molecule has 7 nitrogen and oxygen atoms in total. The number of hydrogen-bond donors (Lipinski definition) is 1. The monoisotopic (exact) mass is 432 g/mol. The Morgan fingerprint density at radius 3 is 2.56 bits per heavy atom. The van der Waals surface area contributed by atoms with Crippen molar-refractivity contribution >= 4 is 11.8 Å². The number of rotatable bonds is 4. The van der Waals surface area contributed by atoms with E-state index in [1.165, 1.54) is 6.26 Å². The lowest BCUT2D eigenvalue weighted by atomic mass is 9.93. The predicted molar refractivity (Wildman–Crippen MR) is 117 cm³/mol. The summed E-state index contributed by atoms with van der Waals surface area (Å²) in [5, 5.41) is 3.07. The lowest BCUT2D eigenvalue weighted by Gasteiger charge is -2.36. The zero-order chi connectivity index (χ0) is 22.1. The van der Waals surface area contributed by atoms with Gasteiger partial charge in [0.1, 0.15) is 19.3 Å². The highest BCUT2D eigenvalue weighted by Crippen LogP contribution is 2.33. The summed E-state index contributed by atoms with van der Waals surface area (Å²) in [5.74, 6) is 1.11. The van der Waals surface area contributed by atoms with Gasteiger partial charge in [-0.3, -0.25) is 9.59 Å². The second kappa shape index (κ2) is 8.42. The van der Waals surface area contributed by atoms with Gasteiger partial charge in [-0.15, -0.1) is 0 Å². The van der Waals surface area contributed by atoms with Crippen LogP contribution >= 0.6 is 0 Å². The number of amides is 2. The van der Waals surface area contributed by atoms with Gasteiger partial charge in [-0.2, -0.15) is 0 Å². The molecule has 0 saturated heterocycles. The number of ether oxygens (including phenoxy) is 2. The Morgan fingerprint density at radius 2 is 1.78 bits per heavy atom. The Kier molecular flexibility index (Phi) is 5.31. The van der Waals surface area contributed by atoms with Crippen LogP contribution in [0.4, 0.5) is 0 Å². The number of benzene rings is 2. The fourth-order valence-electron chi connectivity index (χ4n) is 4.23. The maximum atomic E-state index is 13.4. The van der Waals surface area contributed by atoms with E-state index in [4.69, 9.17) is 13.9 Å². The number of carbonyl (C=O) groups excluding carboxylic acids is 2. The van der Waals surface area contributed by atoms with Gasteiger partial charge < -0.3 is 24.1 Å². The van der Waals surface area contributed by atoms with Crippen molar-refractivity contribution in [3.63, 3.8) is 0 Å². The summed E-state index contributed by atoms with van der Waals surface area (Å²) in [6, 6.07) is 15.9. The van der Waals surface area contributed by atoms with Gasteiger partial charge >= 0.3 is 0 Å². The van der Waals surface area contributed by atoms with Crippen molar-refractivity contribution in [1.29, 1.82) is 0 Å². The second-order valence-corrected chi connectivity index (χ2v) is 8.03. The minimum absolute atomic E-state index is 0.207. The molecule has 1 N–H and O–H groups in total. The van der Waals surface area contributed by atoms with Crippen molar-refractivity contribution in [2.75, 3.05) is 13.2 Å². The van der Waals surface area contributed by atoms with E-state index >= 15 is 0 Å². The topological polar surface area (TPSA) is 81.0 Å². The molecule has 5 rings (SSSR count). The molecule has 0 radical (unpaired) electrons. The molecule has 0 saturated carbocycles. The quantitative estimate of drug-likeness (QED) is 0.683. The van der Waals surface area contributed by atoms with Crippen molar-refractivity contribution in [2.45, 2.75) is 32.0 Å². The van der Waals surface area contributed by atoms with Gasteiger partial charge in [0.25, 0.3) is 5.91 Å². The summed E-state index contributed by atoms with van der Waals surface area (Å²) in [4.78, 5) is 28.1. The molecule has 0 aliphatic carbocycles. The van der Waals surface area contributed by atoms with E-state index in [0.717, 1.165) is 16.7 Å². The molecule has 0 fully saturated rings. The van der Waals surface area contributed by atoms with Crippen LogP contribution in [0.25, 0.3) is 0 Å². The van der Waals surface area contributed by atoms with E-state index in [1.807, 2.05) is 49.4 Å². The molecule has 2 amide bonds. The second-order valence-electron chi connectivity index (χ2n) is 8.03. The van der Waals surface area contributed by atoms with E-state index in [-0.39, 0.29) is 23.6 Å². The zero-order valence-corrected chi connectivity index (χ0v) is 17.7. The molecule has 3 aromatic rings. The third-order valence-corrected chi connectivity index (χ3v) is 5.97. The van der Waals surface area contributed by atoms with Crippen molar-refractivity contribution in [3.8, 4) is 11.5 Å². The van der Waals surface area contributed by atoms with Crippen LogP contribution in [0.15, 0.2) is 65.3 Å². The maximum absolute atomic E-state index is 13.4. The van der Waals surface area contributed by atoms with Crippen molar-refractivity contribution in [1.82, 2.24) is 10.2 Å². The van der Waals surface area contributed by atoms with Gasteiger partial charge in [0.05, 0.1) is 12.3 Å². The largest absolute Gasteiger partial charge is 0.486 e. The standard InChI is InChI=1S/C25H24N2O5/c1-16(17-8-9-21-23(14-17)32-12-11-31-21)26-24(28)20-13-18-5-2-3-6-19(18)15-27(20)25(29)22-7-4-10-30-22/h2-10,14,16,20H,11-13,15H2,1H3,(H,26,28). The van der Waals surface area contributed by atoms with Crippen LogP contribution in [0.1, 0.15) is 40.2 Å². The molecular formula is C25H24N2O5. The highest BCUT2D eigenvalue weighted by atomic mass is 16.6. The number of furan rings is 1. The van der Waals surface area contributed by atoms with E-state index in [1.54, 1.807) is 17.0 Å². The first-order valence-corrected chi connectivity index (χ1v) is 10.7. The lowest BCUT2D eigenvalue weighted by Crippen LogP contribution is -2.52. The molecule has 0 spiro atoms. The predicted octanol–water partition coefficient (Wildman–Crippen LogP) is 3.50. The SMILES string of the molecule is CC(NC(=O)C1Cc2ccccc2CN1C(=O)c1ccco1)c1ccc2c(c1)OCCO2. The highest BCUT2D eigenvalue weighted by Gasteiger charge is 2.36. The first-order valence-electron chi connectivity index (χ1n) is 10.7. The number of nitrogens with zero attached hydrogens (tertiary/aromatic N) is 1. The molecular weight excluding hydrogens is 408 g/mol. The molecule has 2 unspecified atom stereocenters. The molecule has 0 bridgehead atoms. The van der Waals surface area contributed by atoms with Gasteiger partial charge in [-0.1, -0.05) is 30.3 Å². The molecule has 1 aromatic heterocycles. The van der Waals surface area contributed by atoms with Gasteiger partial charge in [0, 0.05) is 13.0 Å².